The van der Waals surface area contributed by atoms with Gasteiger partial charge in [0.15, 0.2) is 0 Å². The molecule has 0 unspecified atom stereocenters. The number of aromatic nitrogens is 4. The van der Waals surface area contributed by atoms with Crippen LogP contribution in [0, 0.1) is 0 Å². The van der Waals surface area contributed by atoms with E-state index in [2.05, 4.69) is 89.5 Å². The summed E-state index contributed by atoms with van der Waals surface area (Å²) < 4.78 is 4.80. The fourth-order valence-corrected chi connectivity index (χ4v) is 7.45. The fourth-order valence-electron chi connectivity index (χ4n) is 6.19. The van der Waals surface area contributed by atoms with Crippen molar-refractivity contribution >= 4 is 75.1 Å². The van der Waals surface area contributed by atoms with Gasteiger partial charge < -0.3 is 0 Å². The number of rotatable bonds is 2. The number of thiophene rings is 1. The summed E-state index contributed by atoms with van der Waals surface area (Å²) in [5, 5.41) is 7.53. The van der Waals surface area contributed by atoms with Crippen LogP contribution >= 0.6 is 11.3 Å². The van der Waals surface area contributed by atoms with Crippen LogP contribution in [0.3, 0.4) is 0 Å². The van der Waals surface area contributed by atoms with Crippen LogP contribution in [-0.4, -0.2) is 19.5 Å². The van der Waals surface area contributed by atoms with E-state index >= 15 is 0 Å². The van der Waals surface area contributed by atoms with Gasteiger partial charge in [0.25, 0.3) is 0 Å². The van der Waals surface area contributed by atoms with Gasteiger partial charge in [-0.05, 0) is 35.0 Å². The van der Waals surface area contributed by atoms with E-state index in [4.69, 9.17) is 15.0 Å². The van der Waals surface area contributed by atoms with Gasteiger partial charge in [-0.2, -0.15) is 0 Å². The summed E-state index contributed by atoms with van der Waals surface area (Å²) in [4.78, 5) is 15.1. The van der Waals surface area contributed by atoms with E-state index in [1.54, 1.807) is 0 Å². The summed E-state index contributed by atoms with van der Waals surface area (Å²) >= 11 is 1.85. The summed E-state index contributed by atoms with van der Waals surface area (Å²) in [6.45, 7) is 0. The lowest BCUT2D eigenvalue weighted by Gasteiger charge is -2.12. The molecule has 4 heterocycles. The van der Waals surface area contributed by atoms with Crippen molar-refractivity contribution in [1.82, 2.24) is 19.5 Å². The first-order chi connectivity index (χ1) is 19.9. The Hall–Kier alpha value is -5.13. The smallest absolute Gasteiger partial charge is 0.235 e. The third-order valence-electron chi connectivity index (χ3n) is 7.84. The molecular weight excluding hydrogens is 508 g/mol. The van der Waals surface area contributed by atoms with Gasteiger partial charge in [-0.25, -0.2) is 9.97 Å². The lowest BCUT2D eigenvalue weighted by molar-refractivity contribution is 1.01. The van der Waals surface area contributed by atoms with Gasteiger partial charge in [-0.1, -0.05) is 91.0 Å². The maximum Gasteiger partial charge on any atom is 0.235 e. The SMILES string of the molecule is c1ccc(-c2nc(-n3c4ccccc4c4c5ccccc5c5c6ccccc6sc5c43)nc3cccnc23)cc1. The summed E-state index contributed by atoms with van der Waals surface area (Å²) in [5.74, 6) is 0.652. The second kappa shape index (κ2) is 8.18. The summed E-state index contributed by atoms with van der Waals surface area (Å²) in [6, 6.07) is 40.4. The molecule has 9 rings (SSSR count). The Bertz CT molecular complexity index is 2440. The molecular formula is C35H20N4S. The minimum Gasteiger partial charge on any atom is -0.276 e. The highest BCUT2D eigenvalue weighted by Crippen LogP contribution is 2.47. The van der Waals surface area contributed by atoms with Crippen molar-refractivity contribution in [3.05, 3.63) is 121 Å². The van der Waals surface area contributed by atoms with Crippen LogP contribution in [0.25, 0.3) is 81.0 Å². The Kier molecular flexibility index (Phi) is 4.45. The van der Waals surface area contributed by atoms with Crippen LogP contribution in [0.5, 0.6) is 0 Å². The molecule has 0 aliphatic rings. The lowest BCUT2D eigenvalue weighted by atomic mass is 9.99. The van der Waals surface area contributed by atoms with E-state index in [0.29, 0.717) is 5.95 Å². The van der Waals surface area contributed by atoms with E-state index in [-0.39, 0.29) is 0 Å². The maximum absolute atomic E-state index is 5.25. The molecule has 0 saturated carbocycles. The van der Waals surface area contributed by atoms with Crippen LogP contribution in [0.15, 0.2) is 121 Å². The second-order valence-electron chi connectivity index (χ2n) is 10.0. The number of hydrogen-bond donors (Lipinski definition) is 0. The number of nitrogens with zero attached hydrogens (tertiary/aromatic N) is 4. The molecule has 0 aliphatic heterocycles. The molecule has 9 aromatic rings. The quantitative estimate of drug-likeness (QED) is 0.225. The molecule has 0 N–H and O–H groups in total. The van der Waals surface area contributed by atoms with Gasteiger partial charge in [0.2, 0.25) is 5.95 Å². The van der Waals surface area contributed by atoms with Crippen LogP contribution in [0.2, 0.25) is 0 Å². The highest BCUT2D eigenvalue weighted by Gasteiger charge is 2.23. The molecule has 0 fully saturated rings. The van der Waals surface area contributed by atoms with Crippen molar-refractivity contribution in [1.29, 1.82) is 0 Å². The number of fused-ring (bicyclic) bond motifs is 11. The first-order valence-corrected chi connectivity index (χ1v) is 14.1. The van der Waals surface area contributed by atoms with Gasteiger partial charge in [0.05, 0.1) is 21.3 Å². The van der Waals surface area contributed by atoms with Crippen molar-refractivity contribution in [3.63, 3.8) is 0 Å². The van der Waals surface area contributed by atoms with Gasteiger partial charge in [0.1, 0.15) is 11.2 Å². The number of pyridine rings is 1. The molecule has 0 saturated heterocycles. The van der Waals surface area contributed by atoms with E-state index in [1.807, 2.05) is 47.9 Å². The summed E-state index contributed by atoms with van der Waals surface area (Å²) in [6.07, 6.45) is 1.81. The second-order valence-corrected chi connectivity index (χ2v) is 11.1. The van der Waals surface area contributed by atoms with Gasteiger partial charge >= 0.3 is 0 Å². The van der Waals surface area contributed by atoms with Crippen LogP contribution in [0.4, 0.5) is 0 Å². The Morgan fingerprint density at radius 3 is 2.12 bits per heavy atom. The molecule has 0 radical (unpaired) electrons. The third-order valence-corrected chi connectivity index (χ3v) is 9.02. The normalized spacial score (nSPS) is 12.0. The third kappa shape index (κ3) is 2.92. The number of para-hydroxylation sites is 1. The minimum atomic E-state index is 0.652. The predicted octanol–water partition coefficient (Wildman–Crippen LogP) is 9.31. The van der Waals surface area contributed by atoms with E-state index < -0.39 is 0 Å². The average molecular weight is 529 g/mol. The molecule has 4 nitrogen and oxygen atoms in total. The predicted molar refractivity (Wildman–Crippen MR) is 168 cm³/mol. The first-order valence-electron chi connectivity index (χ1n) is 13.3. The van der Waals surface area contributed by atoms with Crippen molar-refractivity contribution in [2.24, 2.45) is 0 Å². The van der Waals surface area contributed by atoms with E-state index in [0.717, 1.165) is 33.3 Å². The largest absolute Gasteiger partial charge is 0.276 e. The van der Waals surface area contributed by atoms with Crippen LogP contribution in [-0.2, 0) is 0 Å². The van der Waals surface area contributed by atoms with Gasteiger partial charge in [0, 0.05) is 38.0 Å². The minimum absolute atomic E-state index is 0.652. The topological polar surface area (TPSA) is 43.6 Å². The zero-order valence-electron chi connectivity index (χ0n) is 21.2. The van der Waals surface area contributed by atoms with Crippen molar-refractivity contribution in [2.45, 2.75) is 0 Å². The molecule has 186 valence electrons. The molecule has 40 heavy (non-hydrogen) atoms. The van der Waals surface area contributed by atoms with Crippen LogP contribution in [0.1, 0.15) is 0 Å². The van der Waals surface area contributed by atoms with Crippen molar-refractivity contribution < 1.29 is 0 Å². The average Bonchev–Trinajstić information content (AvgIpc) is 3.58. The van der Waals surface area contributed by atoms with Gasteiger partial charge in [-0.15, -0.1) is 11.3 Å². The van der Waals surface area contributed by atoms with E-state index in [1.165, 1.54) is 41.7 Å². The summed E-state index contributed by atoms with van der Waals surface area (Å²) in [5.41, 5.74) is 5.73. The molecule has 5 aromatic carbocycles. The number of hydrogen-bond acceptors (Lipinski definition) is 4. The highest BCUT2D eigenvalue weighted by atomic mass is 32.1. The number of benzene rings is 5. The molecule has 0 amide bonds. The Morgan fingerprint density at radius 1 is 0.575 bits per heavy atom. The monoisotopic (exact) mass is 528 g/mol. The first kappa shape index (κ1) is 21.8. The molecule has 0 spiro atoms. The maximum atomic E-state index is 5.25. The van der Waals surface area contributed by atoms with E-state index in [9.17, 15) is 0 Å². The summed E-state index contributed by atoms with van der Waals surface area (Å²) in [7, 11) is 0. The van der Waals surface area contributed by atoms with Gasteiger partial charge in [-0.3, -0.25) is 9.55 Å². The molecule has 4 aromatic heterocycles. The lowest BCUT2D eigenvalue weighted by Crippen LogP contribution is -2.04. The molecule has 0 atom stereocenters. The Balaban J connectivity index is 1.54. The Morgan fingerprint density at radius 2 is 1.27 bits per heavy atom. The zero-order chi connectivity index (χ0) is 26.2. The van der Waals surface area contributed by atoms with Crippen molar-refractivity contribution in [3.8, 4) is 17.2 Å². The Labute approximate surface area is 232 Å². The standard InChI is InChI=1S/C35H20N4S/c1-2-11-21(12-3-1)31-32-26(17-10-20-36-32)37-35(38-31)39-27-18-8-6-15-24(27)29-22-13-4-5-14-23(22)30-25-16-7-9-19-28(25)40-34(30)33(29)39/h1-20H. The molecule has 0 aliphatic carbocycles. The highest BCUT2D eigenvalue weighted by molar-refractivity contribution is 7.27. The van der Waals surface area contributed by atoms with Crippen LogP contribution < -0.4 is 0 Å². The zero-order valence-corrected chi connectivity index (χ0v) is 22.1. The molecule has 5 heteroatoms. The molecule has 0 bridgehead atoms. The fraction of sp³-hybridized carbons (Fsp3) is 0. The van der Waals surface area contributed by atoms with Crippen molar-refractivity contribution in [2.75, 3.05) is 0 Å².